The molecule has 0 spiro atoms. The molecule has 0 atom stereocenters. The summed E-state index contributed by atoms with van der Waals surface area (Å²) in [4.78, 5) is 0. The number of hydrogen-bond acceptors (Lipinski definition) is 0. The van der Waals surface area contributed by atoms with Gasteiger partial charge in [-0.15, -0.1) is 0 Å². The molecule has 0 fully saturated rings. The molecule has 0 saturated carbocycles. The van der Waals surface area contributed by atoms with Gasteiger partial charge >= 0.3 is 102 Å². The monoisotopic (exact) mass is 282 g/mol. The quantitative estimate of drug-likeness (QED) is 0.759. The van der Waals surface area contributed by atoms with Gasteiger partial charge in [0.25, 0.3) is 0 Å². The van der Waals surface area contributed by atoms with Gasteiger partial charge in [-0.2, -0.15) is 0 Å². The molecule has 2 aromatic carbocycles. The Morgan fingerprint density at radius 1 is 0.867 bits per heavy atom. The molecule has 2 aromatic rings. The van der Waals surface area contributed by atoms with Crippen molar-refractivity contribution in [3.05, 3.63) is 65.2 Å². The van der Waals surface area contributed by atoms with Crippen LogP contribution in [0, 0.1) is 0 Å². The second-order valence-electron chi connectivity index (χ2n) is 3.23. The zero-order valence-corrected chi connectivity index (χ0v) is 10.7. The third-order valence-electron chi connectivity index (χ3n) is 2.06. The molecule has 0 amide bonds. The molecule has 76 valence electrons. The minimum absolute atomic E-state index is 0.506. The summed E-state index contributed by atoms with van der Waals surface area (Å²) in [6.45, 7) is 0. The molecule has 0 radical (unpaired) electrons. The average Bonchev–Trinajstić information content (AvgIpc) is 2.30. The molecule has 15 heavy (non-hydrogen) atoms. The summed E-state index contributed by atoms with van der Waals surface area (Å²) in [5, 5.41) is 1.96. The van der Waals surface area contributed by atoms with E-state index in [-0.39, 0.29) is 0 Å². The first-order valence-electron chi connectivity index (χ1n) is 4.77. The van der Waals surface area contributed by atoms with Crippen molar-refractivity contribution in [2.75, 3.05) is 0 Å². The van der Waals surface area contributed by atoms with E-state index in [1.165, 1.54) is 10.0 Å². The van der Waals surface area contributed by atoms with Crippen LogP contribution in [0.1, 0.15) is 5.56 Å². The molecule has 0 aromatic heterocycles. The molecular weight excluding hydrogens is 271 g/mol. The van der Waals surface area contributed by atoms with Crippen molar-refractivity contribution in [2.45, 2.75) is 5.32 Å². The van der Waals surface area contributed by atoms with E-state index >= 15 is 0 Å². The molecule has 0 nitrogen and oxygen atoms in total. The Morgan fingerprint density at radius 3 is 2.20 bits per heavy atom. The predicted molar refractivity (Wildman–Crippen MR) is 67.0 cm³/mol. The zero-order valence-electron chi connectivity index (χ0n) is 8.19. The SMILES string of the molecule is Clc1ccc([Se]Cc2ccccc2)cc1. The van der Waals surface area contributed by atoms with Gasteiger partial charge < -0.3 is 0 Å². The molecule has 0 aliphatic carbocycles. The topological polar surface area (TPSA) is 0 Å². The summed E-state index contributed by atoms with van der Waals surface area (Å²) in [7, 11) is 0. The molecule has 0 N–H and O–H groups in total. The Labute approximate surface area is 101 Å². The summed E-state index contributed by atoms with van der Waals surface area (Å²) in [5.41, 5.74) is 1.41. The molecular formula is C13H11ClSe. The van der Waals surface area contributed by atoms with E-state index in [1.54, 1.807) is 0 Å². The van der Waals surface area contributed by atoms with Gasteiger partial charge in [0.2, 0.25) is 0 Å². The van der Waals surface area contributed by atoms with Crippen LogP contribution in [-0.4, -0.2) is 15.0 Å². The van der Waals surface area contributed by atoms with Crippen LogP contribution in [0.15, 0.2) is 54.6 Å². The van der Waals surface area contributed by atoms with E-state index in [9.17, 15) is 0 Å². The summed E-state index contributed by atoms with van der Waals surface area (Å²) in [5.74, 6) is 0. The molecule has 2 heteroatoms. The van der Waals surface area contributed by atoms with E-state index in [2.05, 4.69) is 42.5 Å². The second-order valence-corrected chi connectivity index (χ2v) is 5.86. The van der Waals surface area contributed by atoms with E-state index in [0.717, 1.165) is 10.3 Å². The van der Waals surface area contributed by atoms with E-state index in [0.29, 0.717) is 15.0 Å². The first kappa shape index (κ1) is 10.8. The fourth-order valence-corrected chi connectivity index (χ4v) is 3.19. The maximum atomic E-state index is 5.84. The zero-order chi connectivity index (χ0) is 10.5. The summed E-state index contributed by atoms with van der Waals surface area (Å²) < 4.78 is 1.40. The van der Waals surface area contributed by atoms with Crippen molar-refractivity contribution in [3.63, 3.8) is 0 Å². The summed E-state index contributed by atoms with van der Waals surface area (Å²) in [6, 6.07) is 18.7. The molecule has 0 aliphatic rings. The molecule has 0 heterocycles. The van der Waals surface area contributed by atoms with Crippen LogP contribution in [0.3, 0.4) is 0 Å². The first-order valence-corrected chi connectivity index (χ1v) is 7.21. The van der Waals surface area contributed by atoms with Crippen LogP contribution in [0.4, 0.5) is 0 Å². The summed E-state index contributed by atoms with van der Waals surface area (Å²) in [6.07, 6.45) is 0. The van der Waals surface area contributed by atoms with Crippen LogP contribution >= 0.6 is 11.6 Å². The predicted octanol–water partition coefficient (Wildman–Crippen LogP) is 2.87. The van der Waals surface area contributed by atoms with Crippen LogP contribution in [0.2, 0.25) is 5.02 Å². The van der Waals surface area contributed by atoms with Crippen molar-refractivity contribution in [1.29, 1.82) is 0 Å². The number of hydrogen-bond donors (Lipinski definition) is 0. The Morgan fingerprint density at radius 2 is 1.53 bits per heavy atom. The van der Waals surface area contributed by atoms with Crippen LogP contribution in [-0.2, 0) is 5.32 Å². The minimum atomic E-state index is 0.506. The number of rotatable bonds is 3. The maximum absolute atomic E-state index is 5.84. The molecule has 2 rings (SSSR count). The van der Waals surface area contributed by atoms with Crippen LogP contribution in [0.25, 0.3) is 0 Å². The third-order valence-corrected chi connectivity index (χ3v) is 4.59. The second kappa shape index (κ2) is 5.37. The normalized spacial score (nSPS) is 10.2. The van der Waals surface area contributed by atoms with Crippen LogP contribution in [0.5, 0.6) is 0 Å². The van der Waals surface area contributed by atoms with Crippen molar-refractivity contribution in [3.8, 4) is 0 Å². The van der Waals surface area contributed by atoms with Gasteiger partial charge in [-0.1, -0.05) is 0 Å². The first-order chi connectivity index (χ1) is 7.34. The van der Waals surface area contributed by atoms with Gasteiger partial charge in [0.05, 0.1) is 0 Å². The molecule has 0 aliphatic heterocycles. The molecule has 0 bridgehead atoms. The van der Waals surface area contributed by atoms with E-state index in [1.807, 2.05) is 12.1 Å². The number of halogens is 1. The Balaban J connectivity index is 1.96. The molecule has 0 saturated heterocycles. The fraction of sp³-hybridized carbons (Fsp3) is 0.0769. The van der Waals surface area contributed by atoms with Crippen molar-refractivity contribution in [1.82, 2.24) is 0 Å². The van der Waals surface area contributed by atoms with Crippen molar-refractivity contribution < 1.29 is 0 Å². The fourth-order valence-electron chi connectivity index (χ4n) is 1.27. The third kappa shape index (κ3) is 3.39. The van der Waals surface area contributed by atoms with Crippen molar-refractivity contribution >= 4 is 31.0 Å². The molecule has 0 unspecified atom stereocenters. The Kier molecular flexibility index (Phi) is 3.85. The van der Waals surface area contributed by atoms with Gasteiger partial charge in [-0.25, -0.2) is 0 Å². The Hall–Kier alpha value is -0.751. The van der Waals surface area contributed by atoms with E-state index < -0.39 is 0 Å². The standard InChI is InChI=1S/C13H11ClSe/c14-12-6-8-13(9-7-12)15-10-11-4-2-1-3-5-11/h1-9H,10H2. The van der Waals surface area contributed by atoms with Gasteiger partial charge in [-0.05, 0) is 0 Å². The van der Waals surface area contributed by atoms with Gasteiger partial charge in [0.15, 0.2) is 0 Å². The van der Waals surface area contributed by atoms with Gasteiger partial charge in [-0.3, -0.25) is 0 Å². The van der Waals surface area contributed by atoms with Crippen molar-refractivity contribution in [2.24, 2.45) is 0 Å². The van der Waals surface area contributed by atoms with Gasteiger partial charge in [0, 0.05) is 0 Å². The van der Waals surface area contributed by atoms with E-state index in [4.69, 9.17) is 11.6 Å². The van der Waals surface area contributed by atoms with Crippen LogP contribution < -0.4 is 4.46 Å². The Bertz CT molecular complexity index is 408. The number of benzene rings is 2. The van der Waals surface area contributed by atoms with Gasteiger partial charge in [0.1, 0.15) is 0 Å². The average molecular weight is 282 g/mol. The summed E-state index contributed by atoms with van der Waals surface area (Å²) >= 11 is 6.34.